The van der Waals surface area contributed by atoms with Gasteiger partial charge in [0.05, 0.1) is 6.21 Å². The van der Waals surface area contributed by atoms with Crippen LogP contribution in [0.25, 0.3) is 11.3 Å². The van der Waals surface area contributed by atoms with Crippen molar-refractivity contribution in [3.05, 3.63) is 34.9 Å². The molecule has 2 N–H and O–H groups in total. The van der Waals surface area contributed by atoms with Crippen LogP contribution < -0.4 is 5.32 Å². The molecule has 0 spiro atoms. The fraction of sp³-hybridized carbons (Fsp3) is 0.571. The van der Waals surface area contributed by atoms with E-state index in [4.69, 9.17) is 0 Å². The Morgan fingerprint density at radius 3 is 2.88 bits per heavy atom. The number of rotatable bonds is 4. The minimum absolute atomic E-state index is 0.207. The van der Waals surface area contributed by atoms with Gasteiger partial charge in [-0.2, -0.15) is 0 Å². The fourth-order valence-electron chi connectivity index (χ4n) is 4.58. The van der Waals surface area contributed by atoms with Gasteiger partial charge in [0, 0.05) is 47.2 Å². The average Bonchev–Trinajstić information content (AvgIpc) is 3.01. The highest BCUT2D eigenvalue weighted by atomic mass is 19.1. The van der Waals surface area contributed by atoms with E-state index in [1.54, 1.807) is 0 Å². The number of hydrogen-bond donors (Lipinski definition) is 2. The molecule has 1 unspecified atom stereocenters. The number of halogens is 1. The monoisotopic (exact) mass is 356 g/mol. The molecule has 4 nitrogen and oxygen atoms in total. The summed E-state index contributed by atoms with van der Waals surface area (Å²) in [5.74, 6) is 0.215. The highest BCUT2D eigenvalue weighted by Crippen LogP contribution is 2.38. The summed E-state index contributed by atoms with van der Waals surface area (Å²) < 4.78 is 14.3. The Labute approximate surface area is 155 Å². The first-order chi connectivity index (χ1) is 12.6. The van der Waals surface area contributed by atoms with Gasteiger partial charge >= 0.3 is 0 Å². The van der Waals surface area contributed by atoms with Crippen molar-refractivity contribution in [3.8, 4) is 0 Å². The maximum atomic E-state index is 14.3. The van der Waals surface area contributed by atoms with Gasteiger partial charge in [-0.05, 0) is 57.8 Å². The van der Waals surface area contributed by atoms with Crippen molar-refractivity contribution < 1.29 is 4.39 Å². The lowest BCUT2D eigenvalue weighted by molar-refractivity contribution is 0.220. The summed E-state index contributed by atoms with van der Waals surface area (Å²) in [5, 5.41) is 3.48. The molecule has 0 amide bonds. The minimum atomic E-state index is -0.207. The second kappa shape index (κ2) is 7.39. The molecule has 1 saturated heterocycles. The van der Waals surface area contributed by atoms with Gasteiger partial charge in [-0.25, -0.2) is 4.39 Å². The molecule has 4 rings (SSSR count). The Bertz CT molecular complexity index is 752. The molecule has 140 valence electrons. The van der Waals surface area contributed by atoms with Crippen molar-refractivity contribution in [2.75, 3.05) is 32.7 Å². The van der Waals surface area contributed by atoms with E-state index in [1.807, 2.05) is 0 Å². The third-order valence-corrected chi connectivity index (χ3v) is 6.08. The van der Waals surface area contributed by atoms with Gasteiger partial charge in [0.1, 0.15) is 5.83 Å². The largest absolute Gasteiger partial charge is 0.384 e. The van der Waals surface area contributed by atoms with Crippen molar-refractivity contribution in [3.63, 3.8) is 0 Å². The Kier molecular flexibility index (Phi) is 4.98. The van der Waals surface area contributed by atoms with Gasteiger partial charge in [-0.15, -0.1) is 0 Å². The number of aromatic amines is 1. The average molecular weight is 356 g/mol. The van der Waals surface area contributed by atoms with Crippen molar-refractivity contribution in [2.45, 2.75) is 44.9 Å². The number of likely N-dealkylation sites (tertiary alicyclic amines) is 1. The second-order valence-corrected chi connectivity index (χ2v) is 7.77. The topological polar surface area (TPSA) is 43.4 Å². The number of nitrogens with one attached hydrogen (secondary N) is 2. The lowest BCUT2D eigenvalue weighted by Crippen LogP contribution is -2.34. The van der Waals surface area contributed by atoms with E-state index in [9.17, 15) is 4.39 Å². The van der Waals surface area contributed by atoms with E-state index < -0.39 is 0 Å². The Morgan fingerprint density at radius 1 is 1.31 bits per heavy atom. The van der Waals surface area contributed by atoms with Crippen LogP contribution in [0.4, 0.5) is 4.39 Å². The molecular weight excluding hydrogens is 327 g/mol. The van der Waals surface area contributed by atoms with Crippen molar-refractivity contribution in [2.24, 2.45) is 4.99 Å². The lowest BCUT2D eigenvalue weighted by atomic mass is 9.90. The van der Waals surface area contributed by atoms with E-state index >= 15 is 0 Å². The van der Waals surface area contributed by atoms with Gasteiger partial charge in [0.2, 0.25) is 0 Å². The number of hydrogen-bond acceptors (Lipinski definition) is 3. The van der Waals surface area contributed by atoms with Crippen LogP contribution in [0.5, 0.6) is 0 Å². The quantitative estimate of drug-likeness (QED) is 0.856. The first-order valence-electron chi connectivity index (χ1n) is 9.92. The predicted molar refractivity (Wildman–Crippen MR) is 106 cm³/mol. The standard InChI is InChI=1S/C21H29FN4/c1-14-19-15(2)24-12-16(7-11-26-9-4-3-5-10-26)21(19)25-20(14)17-6-8-23-13-18(17)22/h13,16,24-25H,2-12H2,1H3. The molecular formula is C21H29FN4. The van der Waals surface area contributed by atoms with E-state index in [2.05, 4.69) is 33.7 Å². The van der Waals surface area contributed by atoms with Crippen LogP contribution in [0.3, 0.4) is 0 Å². The third kappa shape index (κ3) is 3.25. The number of aliphatic imine (C=N–C) groups is 1. The Morgan fingerprint density at radius 2 is 2.12 bits per heavy atom. The van der Waals surface area contributed by atoms with Crippen molar-refractivity contribution in [1.29, 1.82) is 0 Å². The van der Waals surface area contributed by atoms with Crippen LogP contribution in [-0.4, -0.2) is 48.8 Å². The predicted octanol–water partition coefficient (Wildman–Crippen LogP) is 4.01. The molecule has 1 aromatic rings. The number of fused-ring (bicyclic) bond motifs is 1. The zero-order valence-corrected chi connectivity index (χ0v) is 15.7. The van der Waals surface area contributed by atoms with Crippen molar-refractivity contribution in [1.82, 2.24) is 15.2 Å². The van der Waals surface area contributed by atoms with Gasteiger partial charge < -0.3 is 15.2 Å². The van der Waals surface area contributed by atoms with Crippen LogP contribution in [-0.2, 0) is 0 Å². The maximum Gasteiger partial charge on any atom is 0.146 e. The number of H-pyrrole nitrogens is 1. The lowest BCUT2D eigenvalue weighted by Gasteiger charge is -2.30. The summed E-state index contributed by atoms with van der Waals surface area (Å²) in [6.45, 7) is 11.4. The number of allylic oxidation sites excluding steroid dienone is 1. The van der Waals surface area contributed by atoms with Crippen LogP contribution >= 0.6 is 0 Å². The Hall–Kier alpha value is -1.88. The normalized spacial score (nSPS) is 23.9. The molecule has 0 saturated carbocycles. The molecule has 3 aliphatic heterocycles. The van der Waals surface area contributed by atoms with Crippen molar-refractivity contribution >= 4 is 17.5 Å². The zero-order chi connectivity index (χ0) is 18.1. The zero-order valence-electron chi connectivity index (χ0n) is 15.7. The third-order valence-electron chi connectivity index (χ3n) is 6.08. The van der Waals surface area contributed by atoms with Gasteiger partial charge in [-0.3, -0.25) is 4.99 Å². The molecule has 4 heterocycles. The van der Waals surface area contributed by atoms with Crippen LogP contribution in [0.1, 0.15) is 60.5 Å². The maximum absolute atomic E-state index is 14.3. The fourth-order valence-corrected chi connectivity index (χ4v) is 4.58. The summed E-state index contributed by atoms with van der Waals surface area (Å²) in [6.07, 6.45) is 7.15. The smallest absolute Gasteiger partial charge is 0.146 e. The summed E-state index contributed by atoms with van der Waals surface area (Å²) in [5.41, 5.74) is 6.17. The molecule has 1 atom stereocenters. The molecule has 1 aromatic heterocycles. The van der Waals surface area contributed by atoms with Gasteiger partial charge in [0.25, 0.3) is 0 Å². The molecule has 0 bridgehead atoms. The van der Waals surface area contributed by atoms with Gasteiger partial charge in [-0.1, -0.05) is 13.0 Å². The first kappa shape index (κ1) is 17.5. The number of dihydropyridines is 1. The second-order valence-electron chi connectivity index (χ2n) is 7.77. The summed E-state index contributed by atoms with van der Waals surface area (Å²) in [6, 6.07) is 0. The molecule has 1 fully saturated rings. The van der Waals surface area contributed by atoms with E-state index in [0.717, 1.165) is 47.6 Å². The molecule has 3 aliphatic rings. The number of aromatic nitrogens is 1. The molecule has 26 heavy (non-hydrogen) atoms. The van der Waals surface area contributed by atoms with E-state index in [0.29, 0.717) is 18.9 Å². The Balaban J connectivity index is 1.60. The van der Waals surface area contributed by atoms with E-state index in [-0.39, 0.29) is 5.83 Å². The summed E-state index contributed by atoms with van der Waals surface area (Å²) in [7, 11) is 0. The highest BCUT2D eigenvalue weighted by Gasteiger charge is 2.29. The summed E-state index contributed by atoms with van der Waals surface area (Å²) >= 11 is 0. The van der Waals surface area contributed by atoms with E-state index in [1.165, 1.54) is 44.3 Å². The van der Waals surface area contributed by atoms with Crippen LogP contribution in [0, 0.1) is 6.92 Å². The van der Waals surface area contributed by atoms with Gasteiger partial charge in [0.15, 0.2) is 0 Å². The number of piperidine rings is 1. The number of nitrogens with zero attached hydrogens (tertiary/aromatic N) is 2. The molecule has 0 radical (unpaired) electrons. The van der Waals surface area contributed by atoms with Crippen LogP contribution in [0.15, 0.2) is 17.4 Å². The first-order valence-corrected chi connectivity index (χ1v) is 9.92. The highest BCUT2D eigenvalue weighted by molar-refractivity contribution is 5.91. The minimum Gasteiger partial charge on any atom is -0.384 e. The summed E-state index contributed by atoms with van der Waals surface area (Å²) in [4.78, 5) is 10.2. The molecule has 0 aromatic carbocycles. The SMILES string of the molecule is C=C1NCC(CCN2CCCCC2)c2[nH]c(C3=C(F)C=NCC3)c(C)c21. The van der Waals surface area contributed by atoms with Crippen LogP contribution in [0.2, 0.25) is 0 Å². The molecule has 0 aliphatic carbocycles. The molecule has 5 heteroatoms.